The molecule has 1 aromatic carbocycles. The fourth-order valence-electron chi connectivity index (χ4n) is 1.88. The van der Waals surface area contributed by atoms with Gasteiger partial charge in [0, 0.05) is 12.6 Å². The number of carboxylic acids is 1. The lowest BCUT2D eigenvalue weighted by Gasteiger charge is -2.30. The van der Waals surface area contributed by atoms with Crippen molar-refractivity contribution in [3.8, 4) is 0 Å². The molecule has 17 heavy (non-hydrogen) atoms. The Balaban J connectivity index is 2.69. The first-order chi connectivity index (χ1) is 8.06. The number of rotatable bonds is 6. The quantitative estimate of drug-likeness (QED) is 0.824. The Hall–Kier alpha value is -1.35. The van der Waals surface area contributed by atoms with Gasteiger partial charge in [0.1, 0.15) is 0 Å². The molecule has 0 amide bonds. The summed E-state index contributed by atoms with van der Waals surface area (Å²) < 4.78 is 0. The van der Waals surface area contributed by atoms with Crippen LogP contribution in [0.1, 0.15) is 26.3 Å². The van der Waals surface area contributed by atoms with Crippen molar-refractivity contribution in [2.24, 2.45) is 5.92 Å². The van der Waals surface area contributed by atoms with Crippen LogP contribution in [0.2, 0.25) is 0 Å². The molecule has 2 atom stereocenters. The fraction of sp³-hybridized carbons (Fsp3) is 0.500. The zero-order valence-corrected chi connectivity index (χ0v) is 10.8. The van der Waals surface area contributed by atoms with Gasteiger partial charge in [-0.2, -0.15) is 0 Å². The van der Waals surface area contributed by atoms with Crippen molar-refractivity contribution in [2.75, 3.05) is 6.54 Å². The third-order valence-electron chi connectivity index (χ3n) is 3.32. The molecule has 0 aliphatic carbocycles. The van der Waals surface area contributed by atoms with Crippen LogP contribution in [0.15, 0.2) is 30.3 Å². The Morgan fingerprint density at radius 1 is 1.29 bits per heavy atom. The minimum Gasteiger partial charge on any atom is -0.481 e. The molecule has 0 aliphatic heterocycles. The summed E-state index contributed by atoms with van der Waals surface area (Å²) in [6, 6.07) is 10.2. The van der Waals surface area contributed by atoms with Crippen molar-refractivity contribution in [1.29, 1.82) is 0 Å². The maximum Gasteiger partial charge on any atom is 0.307 e. The third kappa shape index (κ3) is 3.86. The van der Waals surface area contributed by atoms with Crippen molar-refractivity contribution in [2.45, 2.75) is 33.4 Å². The Bertz CT molecular complexity index is 350. The Morgan fingerprint density at radius 2 is 1.88 bits per heavy atom. The second kappa shape index (κ2) is 6.40. The zero-order chi connectivity index (χ0) is 12.8. The Morgan fingerprint density at radius 3 is 2.35 bits per heavy atom. The van der Waals surface area contributed by atoms with Gasteiger partial charge in [0.2, 0.25) is 0 Å². The molecule has 1 rings (SSSR count). The van der Waals surface area contributed by atoms with Crippen LogP contribution in [0.25, 0.3) is 0 Å². The van der Waals surface area contributed by atoms with E-state index in [0.29, 0.717) is 0 Å². The van der Waals surface area contributed by atoms with Gasteiger partial charge in [-0.05, 0) is 19.0 Å². The van der Waals surface area contributed by atoms with Gasteiger partial charge in [-0.3, -0.25) is 9.69 Å². The van der Waals surface area contributed by atoms with Gasteiger partial charge >= 0.3 is 5.97 Å². The standard InChI is InChI=1S/C14H21NO2/c1-4-15(12(3)11(2)14(16)17)10-13-8-6-5-7-9-13/h5-9,11-12H,4,10H2,1-3H3,(H,16,17). The molecule has 3 nitrogen and oxygen atoms in total. The number of hydrogen-bond acceptors (Lipinski definition) is 2. The van der Waals surface area contributed by atoms with E-state index in [9.17, 15) is 4.79 Å². The van der Waals surface area contributed by atoms with Crippen molar-refractivity contribution in [3.63, 3.8) is 0 Å². The molecule has 2 unspecified atom stereocenters. The monoisotopic (exact) mass is 235 g/mol. The molecule has 0 radical (unpaired) electrons. The van der Waals surface area contributed by atoms with Crippen LogP contribution in [-0.4, -0.2) is 28.6 Å². The number of nitrogens with zero attached hydrogens (tertiary/aromatic N) is 1. The summed E-state index contributed by atoms with van der Waals surface area (Å²) in [6.45, 7) is 7.46. The number of aliphatic carboxylic acids is 1. The highest BCUT2D eigenvalue weighted by molar-refractivity contribution is 5.70. The summed E-state index contributed by atoms with van der Waals surface area (Å²) in [5, 5.41) is 9.04. The van der Waals surface area contributed by atoms with E-state index in [1.807, 2.05) is 25.1 Å². The highest BCUT2D eigenvalue weighted by Crippen LogP contribution is 2.14. The molecule has 3 heteroatoms. The lowest BCUT2D eigenvalue weighted by molar-refractivity contribution is -0.143. The zero-order valence-electron chi connectivity index (χ0n) is 10.8. The molecule has 0 aromatic heterocycles. The first kappa shape index (κ1) is 13.7. The number of carbonyl (C=O) groups is 1. The van der Waals surface area contributed by atoms with Gasteiger partial charge in [-0.25, -0.2) is 0 Å². The number of hydrogen-bond donors (Lipinski definition) is 1. The maximum absolute atomic E-state index is 11.0. The van der Waals surface area contributed by atoms with Gasteiger partial charge in [0.05, 0.1) is 5.92 Å². The molecule has 0 fully saturated rings. The number of carboxylic acid groups (broad SMARTS) is 1. The van der Waals surface area contributed by atoms with Gasteiger partial charge in [0.15, 0.2) is 0 Å². The minimum atomic E-state index is -0.732. The van der Waals surface area contributed by atoms with Crippen LogP contribution in [0.3, 0.4) is 0 Å². The third-order valence-corrected chi connectivity index (χ3v) is 3.32. The first-order valence-corrected chi connectivity index (χ1v) is 6.07. The molecule has 1 aromatic rings. The van der Waals surface area contributed by atoms with E-state index in [1.165, 1.54) is 5.56 Å². The van der Waals surface area contributed by atoms with Gasteiger partial charge in [-0.1, -0.05) is 44.2 Å². The summed E-state index contributed by atoms with van der Waals surface area (Å²) in [4.78, 5) is 13.2. The van der Waals surface area contributed by atoms with E-state index < -0.39 is 5.97 Å². The molecule has 0 bridgehead atoms. The summed E-state index contributed by atoms with van der Waals surface area (Å²) in [6.07, 6.45) is 0. The van der Waals surface area contributed by atoms with Crippen LogP contribution in [0.4, 0.5) is 0 Å². The lowest BCUT2D eigenvalue weighted by Crippen LogP contribution is -2.39. The van der Waals surface area contributed by atoms with Crippen LogP contribution < -0.4 is 0 Å². The Labute approximate surface area is 103 Å². The van der Waals surface area contributed by atoms with E-state index in [4.69, 9.17) is 5.11 Å². The van der Waals surface area contributed by atoms with Gasteiger partial charge in [-0.15, -0.1) is 0 Å². The average molecular weight is 235 g/mol. The van der Waals surface area contributed by atoms with Gasteiger partial charge in [0.25, 0.3) is 0 Å². The highest BCUT2D eigenvalue weighted by Gasteiger charge is 2.24. The summed E-state index contributed by atoms with van der Waals surface area (Å²) in [5.74, 6) is -1.08. The van der Waals surface area contributed by atoms with Crippen molar-refractivity contribution < 1.29 is 9.90 Å². The summed E-state index contributed by atoms with van der Waals surface area (Å²) in [5.41, 5.74) is 1.22. The average Bonchev–Trinajstić information content (AvgIpc) is 2.35. The molecule has 1 N–H and O–H groups in total. The lowest BCUT2D eigenvalue weighted by atomic mass is 10.0. The van der Waals surface area contributed by atoms with Crippen LogP contribution in [0, 0.1) is 5.92 Å². The predicted molar refractivity (Wildman–Crippen MR) is 68.8 cm³/mol. The molecule has 0 saturated carbocycles. The molecule has 94 valence electrons. The fourth-order valence-corrected chi connectivity index (χ4v) is 1.88. The normalized spacial score (nSPS) is 14.6. The van der Waals surface area contributed by atoms with Crippen LogP contribution in [0.5, 0.6) is 0 Å². The van der Waals surface area contributed by atoms with E-state index in [0.717, 1.165) is 13.1 Å². The first-order valence-electron chi connectivity index (χ1n) is 6.07. The summed E-state index contributed by atoms with van der Waals surface area (Å²) in [7, 11) is 0. The van der Waals surface area contributed by atoms with Crippen LogP contribution in [-0.2, 0) is 11.3 Å². The molecule has 0 heterocycles. The van der Waals surface area contributed by atoms with Crippen molar-refractivity contribution >= 4 is 5.97 Å². The molecular formula is C14H21NO2. The SMILES string of the molecule is CCN(Cc1ccccc1)C(C)C(C)C(=O)O. The molecular weight excluding hydrogens is 214 g/mol. The van der Waals surface area contributed by atoms with Crippen molar-refractivity contribution in [3.05, 3.63) is 35.9 Å². The maximum atomic E-state index is 11.0. The van der Waals surface area contributed by atoms with E-state index in [-0.39, 0.29) is 12.0 Å². The van der Waals surface area contributed by atoms with E-state index in [2.05, 4.69) is 24.0 Å². The predicted octanol–water partition coefficient (Wildman–Crippen LogP) is 2.62. The van der Waals surface area contributed by atoms with E-state index >= 15 is 0 Å². The molecule has 0 spiro atoms. The summed E-state index contributed by atoms with van der Waals surface area (Å²) >= 11 is 0. The van der Waals surface area contributed by atoms with Crippen molar-refractivity contribution in [1.82, 2.24) is 4.90 Å². The largest absolute Gasteiger partial charge is 0.481 e. The second-order valence-corrected chi connectivity index (χ2v) is 4.42. The topological polar surface area (TPSA) is 40.5 Å². The smallest absolute Gasteiger partial charge is 0.307 e. The van der Waals surface area contributed by atoms with Crippen LogP contribution >= 0.6 is 0 Å². The molecule has 0 saturated heterocycles. The highest BCUT2D eigenvalue weighted by atomic mass is 16.4. The second-order valence-electron chi connectivity index (χ2n) is 4.42. The van der Waals surface area contributed by atoms with Gasteiger partial charge < -0.3 is 5.11 Å². The Kier molecular flexibility index (Phi) is 5.16. The number of benzene rings is 1. The minimum absolute atomic E-state index is 0.0395. The molecule has 0 aliphatic rings. The van der Waals surface area contributed by atoms with E-state index in [1.54, 1.807) is 6.92 Å².